The van der Waals surface area contributed by atoms with Crippen molar-refractivity contribution in [3.05, 3.63) is 76.7 Å². The maximum atomic E-state index is 14.2. The Labute approximate surface area is 219 Å². The zero-order chi connectivity index (χ0) is 27.6. The molecule has 1 unspecified atom stereocenters. The summed E-state index contributed by atoms with van der Waals surface area (Å²) in [4.78, 5) is 32.5. The smallest absolute Gasteiger partial charge is 0.251 e. The number of primary amides is 1. The molecule has 0 aliphatic heterocycles. The molecule has 0 saturated carbocycles. The van der Waals surface area contributed by atoms with Gasteiger partial charge in [-0.25, -0.2) is 23.1 Å². The summed E-state index contributed by atoms with van der Waals surface area (Å²) in [5.74, 6) is -3.32. The van der Waals surface area contributed by atoms with Crippen LogP contribution in [0.15, 0.2) is 42.5 Å². The van der Waals surface area contributed by atoms with E-state index in [0.29, 0.717) is 33.0 Å². The van der Waals surface area contributed by atoms with Crippen molar-refractivity contribution in [2.24, 2.45) is 5.73 Å². The molecule has 0 radical (unpaired) electrons. The van der Waals surface area contributed by atoms with Crippen LogP contribution in [-0.4, -0.2) is 39.5 Å². The van der Waals surface area contributed by atoms with E-state index >= 15 is 0 Å². The van der Waals surface area contributed by atoms with Gasteiger partial charge < -0.3 is 21.5 Å². The molecule has 4 rings (SSSR count). The molecular formula is C26H24F3N5O3S. The number of amides is 2. The van der Waals surface area contributed by atoms with Crippen molar-refractivity contribution in [3.63, 3.8) is 0 Å². The summed E-state index contributed by atoms with van der Waals surface area (Å²) in [5, 5.41) is 16.2. The molecule has 0 saturated heterocycles. The first kappa shape index (κ1) is 27.0. The van der Waals surface area contributed by atoms with Crippen molar-refractivity contribution in [1.82, 2.24) is 15.3 Å². The molecule has 2 heterocycles. The van der Waals surface area contributed by atoms with Gasteiger partial charge in [-0.15, -0.1) is 0 Å². The van der Waals surface area contributed by atoms with Gasteiger partial charge in [0, 0.05) is 18.2 Å². The summed E-state index contributed by atoms with van der Waals surface area (Å²) in [7, 11) is 0. The van der Waals surface area contributed by atoms with Gasteiger partial charge in [-0.1, -0.05) is 17.4 Å². The molecule has 198 valence electrons. The van der Waals surface area contributed by atoms with Crippen LogP contribution in [0.1, 0.15) is 41.5 Å². The van der Waals surface area contributed by atoms with Crippen molar-refractivity contribution in [3.8, 4) is 11.1 Å². The lowest BCUT2D eigenvalue weighted by atomic mass is 9.94. The standard InChI is InChI=1S/C26H24F3N5O3S/c1-26(2,37)11-31-25-34-24-21(38-25)10-17(14-3-4-19(29)18(8-14)23(30)36)22(33-24)20(32-12-35)7-13-5-15(27)9-16(28)6-13/h3-6,8-10,12,20,37H,7,11H2,1-2H3,(H2,30,36)(H,32,35)(H,31,33,34). The molecule has 5 N–H and O–H groups in total. The van der Waals surface area contributed by atoms with Crippen LogP contribution in [0.4, 0.5) is 18.3 Å². The monoisotopic (exact) mass is 543 g/mol. The summed E-state index contributed by atoms with van der Waals surface area (Å²) < 4.78 is 42.6. The number of nitrogens with one attached hydrogen (secondary N) is 2. The number of nitrogens with zero attached hydrogens (tertiary/aromatic N) is 2. The van der Waals surface area contributed by atoms with E-state index in [1.807, 2.05) is 0 Å². The topological polar surface area (TPSA) is 130 Å². The lowest BCUT2D eigenvalue weighted by molar-refractivity contribution is -0.110. The van der Waals surface area contributed by atoms with Gasteiger partial charge in [0.1, 0.15) is 17.5 Å². The number of carbonyl (C=O) groups is 2. The number of halogens is 3. The van der Waals surface area contributed by atoms with Crippen LogP contribution in [0.2, 0.25) is 0 Å². The minimum Gasteiger partial charge on any atom is -0.389 e. The number of nitrogens with two attached hydrogens (primary N) is 1. The van der Waals surface area contributed by atoms with E-state index < -0.39 is 35.0 Å². The highest BCUT2D eigenvalue weighted by molar-refractivity contribution is 7.22. The summed E-state index contributed by atoms with van der Waals surface area (Å²) in [6, 6.07) is 7.68. The van der Waals surface area contributed by atoms with Crippen molar-refractivity contribution >= 4 is 39.1 Å². The van der Waals surface area contributed by atoms with Crippen LogP contribution in [0, 0.1) is 17.5 Å². The van der Waals surface area contributed by atoms with E-state index in [9.17, 15) is 27.9 Å². The van der Waals surface area contributed by atoms with Crippen LogP contribution in [0.5, 0.6) is 0 Å². The lowest BCUT2D eigenvalue weighted by Gasteiger charge is -2.20. The summed E-state index contributed by atoms with van der Waals surface area (Å²) >= 11 is 1.25. The fraction of sp³-hybridized carbons (Fsp3) is 0.231. The Bertz CT molecular complexity index is 1500. The van der Waals surface area contributed by atoms with Crippen LogP contribution in [0.25, 0.3) is 21.5 Å². The molecule has 0 fully saturated rings. The summed E-state index contributed by atoms with van der Waals surface area (Å²) in [5.41, 5.74) is 5.66. The zero-order valence-corrected chi connectivity index (χ0v) is 21.2. The van der Waals surface area contributed by atoms with Gasteiger partial charge in [-0.3, -0.25) is 9.59 Å². The van der Waals surface area contributed by atoms with Crippen LogP contribution < -0.4 is 16.4 Å². The molecule has 4 aromatic rings. The molecule has 2 aromatic heterocycles. The number of aromatic nitrogens is 2. The van der Waals surface area contributed by atoms with Gasteiger partial charge in [0.05, 0.1) is 27.6 Å². The van der Waals surface area contributed by atoms with E-state index in [1.54, 1.807) is 19.9 Å². The van der Waals surface area contributed by atoms with Crippen molar-refractivity contribution in [2.75, 3.05) is 11.9 Å². The Kier molecular flexibility index (Phi) is 7.65. The fourth-order valence-corrected chi connectivity index (χ4v) is 4.75. The molecule has 0 aliphatic carbocycles. The minimum absolute atomic E-state index is 0.0310. The van der Waals surface area contributed by atoms with Crippen molar-refractivity contribution < 1.29 is 27.9 Å². The van der Waals surface area contributed by atoms with Gasteiger partial charge in [0.15, 0.2) is 10.8 Å². The van der Waals surface area contributed by atoms with Crippen LogP contribution in [-0.2, 0) is 11.2 Å². The second kappa shape index (κ2) is 10.8. The average molecular weight is 544 g/mol. The maximum Gasteiger partial charge on any atom is 0.251 e. The molecule has 12 heteroatoms. The molecule has 0 spiro atoms. The number of hydrogen-bond donors (Lipinski definition) is 4. The van der Waals surface area contributed by atoms with Gasteiger partial charge in [0.25, 0.3) is 5.91 Å². The van der Waals surface area contributed by atoms with Gasteiger partial charge >= 0.3 is 0 Å². The Morgan fingerprint density at radius 2 is 1.84 bits per heavy atom. The first-order chi connectivity index (χ1) is 17.9. The maximum absolute atomic E-state index is 14.2. The van der Waals surface area contributed by atoms with Gasteiger partial charge in [-0.05, 0) is 61.7 Å². The highest BCUT2D eigenvalue weighted by Gasteiger charge is 2.23. The number of aliphatic hydroxyl groups is 1. The van der Waals surface area contributed by atoms with E-state index in [-0.39, 0.29) is 29.8 Å². The first-order valence-electron chi connectivity index (χ1n) is 11.5. The SMILES string of the molecule is CC(C)(O)CNc1nc2nc(C(Cc3cc(F)cc(F)c3)NC=O)c(-c3ccc(F)c(C(N)=O)c3)cc2s1. The highest BCUT2D eigenvalue weighted by atomic mass is 32.1. The molecule has 2 aromatic carbocycles. The number of anilines is 1. The minimum atomic E-state index is -1.000. The molecule has 38 heavy (non-hydrogen) atoms. The molecule has 0 aliphatic rings. The molecule has 2 amide bonds. The Morgan fingerprint density at radius 3 is 2.47 bits per heavy atom. The third kappa shape index (κ3) is 6.26. The van der Waals surface area contributed by atoms with Gasteiger partial charge in [-0.2, -0.15) is 0 Å². The van der Waals surface area contributed by atoms with Crippen molar-refractivity contribution in [1.29, 1.82) is 0 Å². The number of fused-ring (bicyclic) bond motifs is 1. The third-order valence-electron chi connectivity index (χ3n) is 5.59. The second-order valence-electron chi connectivity index (χ2n) is 9.31. The predicted octanol–water partition coefficient (Wildman–Crippen LogP) is 4.09. The predicted molar refractivity (Wildman–Crippen MR) is 138 cm³/mol. The highest BCUT2D eigenvalue weighted by Crippen LogP contribution is 2.36. The van der Waals surface area contributed by atoms with Crippen LogP contribution in [0.3, 0.4) is 0 Å². The normalized spacial score (nSPS) is 12.4. The van der Waals surface area contributed by atoms with E-state index in [2.05, 4.69) is 20.6 Å². The third-order valence-corrected chi connectivity index (χ3v) is 6.54. The Balaban J connectivity index is 1.88. The average Bonchev–Trinajstić information content (AvgIpc) is 3.23. The Hall–Kier alpha value is -4.03. The molecule has 8 nitrogen and oxygen atoms in total. The van der Waals surface area contributed by atoms with E-state index in [1.165, 1.54) is 23.5 Å². The summed E-state index contributed by atoms with van der Waals surface area (Å²) in [6.07, 6.45) is 0.406. The number of hydrogen-bond acceptors (Lipinski definition) is 7. The number of pyridine rings is 1. The molecule has 0 bridgehead atoms. The van der Waals surface area contributed by atoms with Crippen molar-refractivity contribution in [2.45, 2.75) is 31.9 Å². The second-order valence-corrected chi connectivity index (χ2v) is 10.3. The molecule has 1 atom stereocenters. The fourth-order valence-electron chi connectivity index (χ4n) is 3.90. The van der Waals surface area contributed by atoms with E-state index in [4.69, 9.17) is 5.73 Å². The van der Waals surface area contributed by atoms with E-state index in [0.717, 1.165) is 24.3 Å². The number of rotatable bonds is 10. The number of thiazole rings is 1. The lowest BCUT2D eigenvalue weighted by Crippen LogP contribution is -2.29. The Morgan fingerprint density at radius 1 is 1.13 bits per heavy atom. The largest absolute Gasteiger partial charge is 0.389 e. The van der Waals surface area contributed by atoms with Gasteiger partial charge in [0.2, 0.25) is 6.41 Å². The summed E-state index contributed by atoms with van der Waals surface area (Å²) in [6.45, 7) is 3.49. The number of benzene rings is 2. The zero-order valence-electron chi connectivity index (χ0n) is 20.4. The quantitative estimate of drug-likeness (QED) is 0.223. The first-order valence-corrected chi connectivity index (χ1v) is 12.3. The molecular weight excluding hydrogens is 519 g/mol. The number of carbonyl (C=O) groups excluding carboxylic acids is 2. The van der Waals surface area contributed by atoms with Crippen LogP contribution >= 0.6 is 11.3 Å².